The van der Waals surface area contributed by atoms with Crippen LogP contribution in [0.2, 0.25) is 0 Å². The van der Waals surface area contributed by atoms with Crippen molar-refractivity contribution in [1.82, 2.24) is 0 Å². The first-order valence-corrected chi connectivity index (χ1v) is 22.0. The molecule has 0 bridgehead atoms. The molecule has 8 aromatic rings. The molecule has 308 valence electrons. The second-order valence-electron chi connectivity index (χ2n) is 17.3. The van der Waals surface area contributed by atoms with E-state index in [4.69, 9.17) is 25.5 Å². The van der Waals surface area contributed by atoms with Gasteiger partial charge in [0.25, 0.3) is 0 Å². The molecule has 7 nitrogen and oxygen atoms in total. The molecule has 9 heteroatoms. The number of epoxide rings is 2. The van der Waals surface area contributed by atoms with Gasteiger partial charge in [-0.25, -0.2) is 4.85 Å². The summed E-state index contributed by atoms with van der Waals surface area (Å²) >= 11 is 0. The van der Waals surface area contributed by atoms with Gasteiger partial charge in [0, 0.05) is 22.6 Å². The molecule has 12 rings (SSSR count). The number of nitrogens with zero attached hydrogens (tertiary/aromatic N) is 3. The highest BCUT2D eigenvalue weighted by molar-refractivity contribution is 7.02. The predicted molar refractivity (Wildman–Crippen MR) is 261 cm³/mol. The van der Waals surface area contributed by atoms with Crippen molar-refractivity contribution in [3.8, 4) is 50.9 Å². The molecule has 0 aliphatic carbocycles. The van der Waals surface area contributed by atoms with E-state index in [1.165, 1.54) is 21.9 Å². The van der Waals surface area contributed by atoms with Crippen LogP contribution in [0.3, 0.4) is 0 Å². The van der Waals surface area contributed by atoms with Crippen molar-refractivity contribution in [2.45, 2.75) is 38.6 Å². The average Bonchev–Trinajstić information content (AvgIpc) is 4.27. The fraction of sp³-hybridized carbons (Fsp3) is 0.107. The molecule has 2 fully saturated rings. The second kappa shape index (κ2) is 15.5. The summed E-state index contributed by atoms with van der Waals surface area (Å²) in [5, 5.41) is 10.1. The van der Waals surface area contributed by atoms with Crippen LogP contribution in [0.5, 0.6) is 11.5 Å². The zero-order valence-corrected chi connectivity index (χ0v) is 35.7. The van der Waals surface area contributed by atoms with E-state index in [1.807, 2.05) is 50.2 Å². The fourth-order valence-corrected chi connectivity index (χ4v) is 9.78. The first-order valence-electron chi connectivity index (χ1n) is 22.0. The second-order valence-corrected chi connectivity index (χ2v) is 17.3. The van der Waals surface area contributed by atoms with Gasteiger partial charge in [0.15, 0.2) is 5.69 Å². The van der Waals surface area contributed by atoms with Crippen LogP contribution in [0.4, 0.5) is 22.7 Å². The molecule has 8 aromatic carbocycles. The Bertz CT molecular complexity index is 3040. The highest BCUT2D eigenvalue weighted by Crippen LogP contribution is 2.39. The Hall–Kier alpha value is -7.81. The van der Waals surface area contributed by atoms with E-state index in [0.29, 0.717) is 11.3 Å². The van der Waals surface area contributed by atoms with Crippen LogP contribution in [0.25, 0.3) is 38.2 Å². The minimum absolute atomic E-state index is 0.115. The summed E-state index contributed by atoms with van der Waals surface area (Å²) < 4.78 is 22.8. The van der Waals surface area contributed by atoms with Crippen LogP contribution < -0.4 is 47.2 Å². The summed E-state index contributed by atoms with van der Waals surface area (Å²) in [4.78, 5) is 6.24. The summed E-state index contributed by atoms with van der Waals surface area (Å²) in [6.45, 7) is 11.7. The van der Waals surface area contributed by atoms with E-state index >= 15 is 0 Å². The van der Waals surface area contributed by atoms with E-state index in [9.17, 15) is 5.26 Å². The number of benzene rings is 8. The molecule has 0 N–H and O–H groups in total. The summed E-state index contributed by atoms with van der Waals surface area (Å²) in [7, 11) is 0. The number of anilines is 3. The maximum atomic E-state index is 10.1. The summed E-state index contributed by atoms with van der Waals surface area (Å²) in [6, 6.07) is 64.2. The minimum Gasteiger partial charge on any atom is -0.462 e. The first-order chi connectivity index (χ1) is 31.9. The molecule has 0 spiro atoms. The number of ether oxygens (including phenoxy) is 4. The molecule has 0 radical (unpaired) electrons. The predicted octanol–water partition coefficient (Wildman–Crippen LogP) is 8.49. The Morgan fingerprint density at radius 3 is 1.35 bits per heavy atom. The Balaban J connectivity index is 1.00. The molecule has 0 amide bonds. The van der Waals surface area contributed by atoms with Gasteiger partial charge >= 0.3 is 0 Å². The number of para-hydroxylation sites is 2. The van der Waals surface area contributed by atoms with Gasteiger partial charge in [0.1, 0.15) is 23.7 Å². The highest BCUT2D eigenvalue weighted by atomic mass is 16.8. The molecule has 4 aliphatic rings. The lowest BCUT2D eigenvalue weighted by molar-refractivity contribution is 0.178. The van der Waals surface area contributed by atoms with Gasteiger partial charge in [-0.2, -0.15) is 5.26 Å². The van der Waals surface area contributed by atoms with Gasteiger partial charge in [-0.05, 0) is 124 Å². The Morgan fingerprint density at radius 2 is 0.938 bits per heavy atom. The zero-order valence-electron chi connectivity index (χ0n) is 35.7. The summed E-state index contributed by atoms with van der Waals surface area (Å²) in [5.74, 6) is 1.59. The monoisotopic (exact) mass is 839 g/mol. The standard InChI is InChI=1S/C56H39B2N3O4/c1-34-55(62-34)64-46-24-16-39(17-25-46)37-12-20-43(21-13-37)57-48-8-4-6-10-52(48)61-53-11-7-5-9-49(53)58(44-22-14-38(15-23-44)40-18-26-47(27-19-40)65-56-35(2)63-56)51-32-42(31-50(57)54(51)61)41-28-36(33-59)29-45(30-41)60-3/h4-32,34-35,55-56H,1-2H3. The normalized spacial score (nSPS) is 18.4. The number of rotatable bonds is 9. The Kier molecular flexibility index (Phi) is 9.24. The van der Waals surface area contributed by atoms with Gasteiger partial charge in [0.2, 0.25) is 26.0 Å². The third-order valence-corrected chi connectivity index (χ3v) is 13.2. The SMILES string of the molecule is [C-]#[N+]c1cc(C#N)cc(-c2cc3c4c(c2)B(c2ccc(-c5ccc(OC6OC6C)cc5)cc2)c2ccccc2N4c2ccccc2B3c2ccc(-c3ccc(OC4OC4C)cc3)cc2)c1. The molecule has 4 unspecified atom stereocenters. The Morgan fingerprint density at radius 1 is 0.523 bits per heavy atom. The van der Waals surface area contributed by atoms with Gasteiger partial charge in [-0.3, -0.25) is 0 Å². The first kappa shape index (κ1) is 38.8. The van der Waals surface area contributed by atoms with Crippen molar-refractivity contribution >= 4 is 69.0 Å². The van der Waals surface area contributed by atoms with Crippen molar-refractivity contribution in [2.75, 3.05) is 4.90 Å². The van der Waals surface area contributed by atoms with Crippen molar-refractivity contribution in [3.05, 3.63) is 193 Å². The van der Waals surface area contributed by atoms with Gasteiger partial charge < -0.3 is 23.8 Å². The van der Waals surface area contributed by atoms with E-state index < -0.39 is 0 Å². The lowest BCUT2D eigenvalue weighted by Crippen LogP contribution is -2.65. The molecule has 4 heterocycles. The van der Waals surface area contributed by atoms with Crippen LogP contribution in [0, 0.1) is 17.9 Å². The van der Waals surface area contributed by atoms with Gasteiger partial charge in [-0.15, -0.1) is 0 Å². The van der Waals surface area contributed by atoms with Crippen LogP contribution in [-0.2, 0) is 9.47 Å². The summed E-state index contributed by atoms with van der Waals surface area (Å²) in [6.07, 6.45) is -0.0942. The molecule has 4 aliphatic heterocycles. The largest absolute Gasteiger partial charge is 0.462 e. The number of fused-ring (bicyclic) bond motifs is 4. The van der Waals surface area contributed by atoms with Gasteiger partial charge in [-0.1, -0.05) is 132 Å². The smallest absolute Gasteiger partial charge is 0.246 e. The fourth-order valence-electron chi connectivity index (χ4n) is 9.78. The third-order valence-electron chi connectivity index (χ3n) is 13.2. The van der Waals surface area contributed by atoms with Crippen LogP contribution in [0.15, 0.2) is 176 Å². The van der Waals surface area contributed by atoms with E-state index in [0.717, 1.165) is 72.9 Å². The van der Waals surface area contributed by atoms with Crippen molar-refractivity contribution in [2.24, 2.45) is 0 Å². The Labute approximate surface area is 379 Å². The lowest BCUT2D eigenvalue weighted by atomic mass is 9.30. The van der Waals surface area contributed by atoms with Crippen LogP contribution >= 0.6 is 0 Å². The summed E-state index contributed by atoms with van der Waals surface area (Å²) in [5.41, 5.74) is 17.7. The van der Waals surface area contributed by atoms with E-state index in [-0.39, 0.29) is 38.2 Å². The van der Waals surface area contributed by atoms with Crippen LogP contribution in [-0.4, -0.2) is 38.2 Å². The van der Waals surface area contributed by atoms with E-state index in [2.05, 4.69) is 149 Å². The average molecular weight is 840 g/mol. The molecule has 4 atom stereocenters. The molecule has 0 aromatic heterocycles. The number of hydrogen-bond acceptors (Lipinski definition) is 6. The van der Waals surface area contributed by atoms with E-state index in [1.54, 1.807) is 6.07 Å². The quantitative estimate of drug-likeness (QED) is 0.0826. The maximum absolute atomic E-state index is 10.1. The maximum Gasteiger partial charge on any atom is 0.246 e. The molecule has 65 heavy (non-hydrogen) atoms. The highest BCUT2D eigenvalue weighted by Gasteiger charge is 2.44. The zero-order chi connectivity index (χ0) is 43.8. The van der Waals surface area contributed by atoms with Crippen molar-refractivity contribution in [1.29, 1.82) is 5.26 Å². The van der Waals surface area contributed by atoms with Crippen LogP contribution in [0.1, 0.15) is 19.4 Å². The topological polar surface area (TPSA) is 74.9 Å². The lowest BCUT2D eigenvalue weighted by Gasteiger charge is -2.44. The number of hydrogen-bond donors (Lipinski definition) is 0. The molecule has 0 saturated carbocycles. The molecular formula is C56H39B2N3O4. The molecule has 2 saturated heterocycles. The van der Waals surface area contributed by atoms with Crippen molar-refractivity contribution in [3.63, 3.8) is 0 Å². The third kappa shape index (κ3) is 6.94. The minimum atomic E-state index is -0.171. The number of nitriles is 1. The molecular weight excluding hydrogens is 800 g/mol. The van der Waals surface area contributed by atoms with Gasteiger partial charge in [0.05, 0.1) is 12.6 Å². The van der Waals surface area contributed by atoms with Crippen molar-refractivity contribution < 1.29 is 18.9 Å².